The molecule has 150 valence electrons. The Balaban J connectivity index is 2.49. The first-order chi connectivity index (χ1) is 13.9. The molecular formula is C24H24O5. The van der Waals surface area contributed by atoms with Gasteiger partial charge in [0.05, 0.1) is 24.3 Å². The molecule has 2 aliphatic rings. The van der Waals surface area contributed by atoms with Crippen molar-refractivity contribution in [3.8, 4) is 28.0 Å². The summed E-state index contributed by atoms with van der Waals surface area (Å²) < 4.78 is 10.7. The number of benzene rings is 1. The predicted octanol–water partition coefficient (Wildman–Crippen LogP) is 5.13. The summed E-state index contributed by atoms with van der Waals surface area (Å²) in [5.74, 6) is -1.01. The van der Waals surface area contributed by atoms with E-state index in [-0.39, 0.29) is 19.0 Å². The molecule has 1 aromatic rings. The summed E-state index contributed by atoms with van der Waals surface area (Å²) >= 11 is 0. The highest BCUT2D eigenvalue weighted by atomic mass is 16.5. The van der Waals surface area contributed by atoms with Gasteiger partial charge < -0.3 is 14.6 Å². The Hall–Kier alpha value is -3.34. The maximum absolute atomic E-state index is 13.0. The van der Waals surface area contributed by atoms with Crippen LogP contribution < -0.4 is 0 Å². The largest absolute Gasteiger partial charge is 0.508 e. The zero-order valence-corrected chi connectivity index (χ0v) is 17.0. The van der Waals surface area contributed by atoms with Gasteiger partial charge >= 0.3 is 11.9 Å². The van der Waals surface area contributed by atoms with Crippen molar-refractivity contribution in [3.63, 3.8) is 0 Å². The third kappa shape index (κ3) is 3.81. The van der Waals surface area contributed by atoms with E-state index in [1.165, 1.54) is 12.1 Å². The molecule has 5 heteroatoms. The second kappa shape index (κ2) is 8.35. The Morgan fingerprint density at radius 2 is 1.31 bits per heavy atom. The lowest BCUT2D eigenvalue weighted by Gasteiger charge is -2.12. The number of hydrogen-bond donors (Lipinski definition) is 1. The van der Waals surface area contributed by atoms with E-state index in [1.54, 1.807) is 26.0 Å². The molecule has 0 atom stereocenters. The Bertz CT molecular complexity index is 996. The lowest BCUT2D eigenvalue weighted by atomic mass is 9.94. The number of esters is 2. The average molecular weight is 392 g/mol. The van der Waals surface area contributed by atoms with Crippen LogP contribution in [0.5, 0.6) is 5.75 Å². The standard InChI is InChI=1S/C24H24O5/c1-5-28-23(26)21-17-11-9-16(25)10-12-18(17)22(24(27)29-6-2)20(21)19-13-14(3)7-8-15(19)4/h7-13,25H,5-6H2,1-4H3. The molecule has 0 radical (unpaired) electrons. The SMILES string of the molecule is CCOC(=O)c1c2ccc(O)ccc-2c(C(=O)OCC)c1-c1cc(C)ccc1C. The molecule has 0 heterocycles. The smallest absolute Gasteiger partial charge is 0.339 e. The molecule has 3 rings (SSSR count). The normalized spacial score (nSPS) is 10.8. The van der Waals surface area contributed by atoms with Gasteiger partial charge in [0.15, 0.2) is 0 Å². The van der Waals surface area contributed by atoms with E-state index in [4.69, 9.17) is 9.47 Å². The molecule has 0 fully saturated rings. The van der Waals surface area contributed by atoms with Crippen molar-refractivity contribution >= 4 is 11.9 Å². The van der Waals surface area contributed by atoms with Crippen LogP contribution in [0.15, 0.2) is 42.5 Å². The molecule has 29 heavy (non-hydrogen) atoms. The zero-order chi connectivity index (χ0) is 21.1. The third-order valence-corrected chi connectivity index (χ3v) is 4.79. The fourth-order valence-corrected chi connectivity index (χ4v) is 3.51. The highest BCUT2D eigenvalue weighted by Crippen LogP contribution is 2.44. The molecule has 1 N–H and O–H groups in total. The first-order valence-electron chi connectivity index (χ1n) is 9.59. The van der Waals surface area contributed by atoms with E-state index in [0.717, 1.165) is 16.7 Å². The topological polar surface area (TPSA) is 72.8 Å². The number of hydrogen-bond acceptors (Lipinski definition) is 5. The second-order valence-corrected chi connectivity index (χ2v) is 6.80. The molecule has 0 aromatic heterocycles. The van der Waals surface area contributed by atoms with E-state index < -0.39 is 11.9 Å². The van der Waals surface area contributed by atoms with Gasteiger partial charge in [-0.1, -0.05) is 23.8 Å². The van der Waals surface area contributed by atoms with Gasteiger partial charge in [0.2, 0.25) is 0 Å². The molecule has 2 aliphatic carbocycles. The highest BCUT2D eigenvalue weighted by Gasteiger charge is 2.33. The van der Waals surface area contributed by atoms with E-state index in [0.29, 0.717) is 27.8 Å². The van der Waals surface area contributed by atoms with Crippen LogP contribution in [0.4, 0.5) is 0 Å². The van der Waals surface area contributed by atoms with Crippen LogP contribution in [0, 0.1) is 13.8 Å². The van der Waals surface area contributed by atoms with Gasteiger partial charge in [-0.05, 0) is 74.2 Å². The first kappa shape index (κ1) is 20.4. The fourth-order valence-electron chi connectivity index (χ4n) is 3.51. The lowest BCUT2D eigenvalue weighted by molar-refractivity contribution is 0.0525. The molecular weight excluding hydrogens is 368 g/mol. The monoisotopic (exact) mass is 392 g/mol. The number of ether oxygens (including phenoxy) is 2. The summed E-state index contributed by atoms with van der Waals surface area (Å²) in [5, 5.41) is 9.92. The highest BCUT2D eigenvalue weighted by molar-refractivity contribution is 6.17. The number of carbonyl (C=O) groups excluding carboxylic acids is 2. The molecule has 1 aromatic carbocycles. The van der Waals surface area contributed by atoms with Crippen LogP contribution in [0.1, 0.15) is 45.7 Å². The Labute approximate surface area is 170 Å². The van der Waals surface area contributed by atoms with Gasteiger partial charge in [0.1, 0.15) is 5.75 Å². The zero-order valence-electron chi connectivity index (χ0n) is 17.0. The van der Waals surface area contributed by atoms with Crippen molar-refractivity contribution in [2.24, 2.45) is 0 Å². The summed E-state index contributed by atoms with van der Waals surface area (Å²) in [6, 6.07) is 12.1. The van der Waals surface area contributed by atoms with Crippen molar-refractivity contribution in [3.05, 3.63) is 64.7 Å². The summed E-state index contributed by atoms with van der Waals surface area (Å²) in [4.78, 5) is 26.0. The third-order valence-electron chi connectivity index (χ3n) is 4.79. The Kier molecular flexibility index (Phi) is 5.87. The maximum atomic E-state index is 13.0. The van der Waals surface area contributed by atoms with Crippen molar-refractivity contribution in [1.82, 2.24) is 0 Å². The van der Waals surface area contributed by atoms with Crippen LogP contribution in [0.3, 0.4) is 0 Å². The van der Waals surface area contributed by atoms with E-state index >= 15 is 0 Å². The van der Waals surface area contributed by atoms with Crippen molar-refractivity contribution < 1.29 is 24.2 Å². The van der Waals surface area contributed by atoms with Gasteiger partial charge in [0, 0.05) is 5.56 Å². The van der Waals surface area contributed by atoms with E-state index in [2.05, 4.69) is 0 Å². The minimum atomic E-state index is -0.519. The van der Waals surface area contributed by atoms with Gasteiger partial charge in [-0.3, -0.25) is 0 Å². The van der Waals surface area contributed by atoms with Gasteiger partial charge in [-0.2, -0.15) is 0 Å². The fraction of sp³-hybridized carbons (Fsp3) is 0.250. The summed E-state index contributed by atoms with van der Waals surface area (Å²) in [7, 11) is 0. The average Bonchev–Trinajstić information content (AvgIpc) is 2.89. The van der Waals surface area contributed by atoms with Gasteiger partial charge in [0.25, 0.3) is 0 Å². The quantitative estimate of drug-likeness (QED) is 0.609. The molecule has 0 saturated heterocycles. The predicted molar refractivity (Wildman–Crippen MR) is 112 cm³/mol. The minimum Gasteiger partial charge on any atom is -0.508 e. The van der Waals surface area contributed by atoms with Crippen LogP contribution in [0.25, 0.3) is 22.3 Å². The summed E-state index contributed by atoms with van der Waals surface area (Å²) in [5.41, 5.74) is 4.87. The van der Waals surface area contributed by atoms with Crippen LogP contribution in [-0.2, 0) is 9.47 Å². The van der Waals surface area contributed by atoms with E-state index in [9.17, 15) is 14.7 Å². The van der Waals surface area contributed by atoms with Gasteiger partial charge in [-0.15, -0.1) is 0 Å². The van der Waals surface area contributed by atoms with Crippen molar-refractivity contribution in [2.45, 2.75) is 27.7 Å². The van der Waals surface area contributed by atoms with Crippen LogP contribution >= 0.6 is 0 Å². The number of aromatic hydroxyl groups is 1. The molecule has 0 saturated carbocycles. The second-order valence-electron chi connectivity index (χ2n) is 6.80. The Morgan fingerprint density at radius 3 is 1.79 bits per heavy atom. The van der Waals surface area contributed by atoms with Crippen molar-refractivity contribution in [2.75, 3.05) is 13.2 Å². The minimum absolute atomic E-state index is 0.0269. The summed E-state index contributed by atoms with van der Waals surface area (Å²) in [6.45, 7) is 7.77. The number of fused-ring (bicyclic) bond motifs is 1. The number of aryl methyl sites for hydroxylation is 2. The van der Waals surface area contributed by atoms with E-state index in [1.807, 2.05) is 32.0 Å². The first-order valence-corrected chi connectivity index (χ1v) is 9.59. The van der Waals surface area contributed by atoms with Gasteiger partial charge in [-0.25, -0.2) is 9.59 Å². The van der Waals surface area contributed by atoms with Crippen molar-refractivity contribution in [1.29, 1.82) is 0 Å². The summed E-state index contributed by atoms with van der Waals surface area (Å²) in [6.07, 6.45) is 0. The lowest BCUT2D eigenvalue weighted by Crippen LogP contribution is -2.09. The van der Waals surface area contributed by atoms with Crippen LogP contribution in [-0.4, -0.2) is 30.3 Å². The Morgan fingerprint density at radius 1 is 0.793 bits per heavy atom. The maximum Gasteiger partial charge on any atom is 0.339 e. The molecule has 0 spiro atoms. The molecule has 0 aliphatic heterocycles. The molecule has 0 bridgehead atoms. The number of rotatable bonds is 5. The molecule has 0 amide bonds. The molecule has 0 unspecified atom stereocenters. The van der Waals surface area contributed by atoms with Crippen LogP contribution in [0.2, 0.25) is 0 Å². The molecule has 5 nitrogen and oxygen atoms in total. The number of carbonyl (C=O) groups is 2.